The lowest BCUT2D eigenvalue weighted by molar-refractivity contribution is 0.660. The smallest absolute Gasteiger partial charge is 0.0391 e. The first-order valence-corrected chi connectivity index (χ1v) is 10.9. The lowest BCUT2D eigenvalue weighted by Crippen LogP contribution is -2.15. The van der Waals surface area contributed by atoms with E-state index < -0.39 is 0 Å². The van der Waals surface area contributed by atoms with Crippen LogP contribution in [0.3, 0.4) is 0 Å². The summed E-state index contributed by atoms with van der Waals surface area (Å²) in [6.45, 7) is 4.65. The van der Waals surface area contributed by atoms with E-state index in [4.69, 9.17) is 0 Å². The molecule has 0 saturated carbocycles. The topological polar surface area (TPSA) is 12.0 Å². The molecule has 1 nitrogen and oxygen atoms in total. The van der Waals surface area contributed by atoms with Crippen LogP contribution < -0.4 is 5.32 Å². The maximum absolute atomic E-state index is 3.65. The number of benzene rings is 4. The molecule has 1 aliphatic rings. The van der Waals surface area contributed by atoms with Gasteiger partial charge in [-0.1, -0.05) is 62.4 Å². The molecule has 0 saturated heterocycles. The Kier molecular flexibility index (Phi) is 3.45. The number of hydrogen-bond donors (Lipinski definition) is 1. The Morgan fingerprint density at radius 2 is 1.31 bits per heavy atom. The van der Waals surface area contributed by atoms with Crippen LogP contribution in [-0.4, -0.2) is 0 Å². The van der Waals surface area contributed by atoms with E-state index in [2.05, 4.69) is 104 Å². The Labute approximate surface area is 174 Å². The Hall–Kier alpha value is -3.10. The van der Waals surface area contributed by atoms with E-state index in [1.807, 2.05) is 11.3 Å². The predicted octanol–water partition coefficient (Wildman–Crippen LogP) is 8.10. The zero-order chi connectivity index (χ0) is 19.6. The van der Waals surface area contributed by atoms with Crippen LogP contribution in [0.25, 0.3) is 31.3 Å². The monoisotopic (exact) mass is 391 g/mol. The van der Waals surface area contributed by atoms with Gasteiger partial charge in [-0.05, 0) is 58.7 Å². The van der Waals surface area contributed by atoms with Crippen molar-refractivity contribution in [2.45, 2.75) is 19.3 Å². The summed E-state index contributed by atoms with van der Waals surface area (Å²) >= 11 is 1.86. The number of hydrogen-bond acceptors (Lipinski definition) is 2. The van der Waals surface area contributed by atoms with Gasteiger partial charge in [-0.3, -0.25) is 0 Å². The van der Waals surface area contributed by atoms with Gasteiger partial charge in [0.25, 0.3) is 0 Å². The lowest BCUT2D eigenvalue weighted by atomic mass is 9.82. The summed E-state index contributed by atoms with van der Waals surface area (Å²) in [6, 6.07) is 30.9. The highest BCUT2D eigenvalue weighted by molar-refractivity contribution is 7.25. The van der Waals surface area contributed by atoms with Crippen LogP contribution in [-0.2, 0) is 5.41 Å². The molecule has 0 amide bonds. The Morgan fingerprint density at radius 3 is 2.24 bits per heavy atom. The minimum Gasteiger partial charge on any atom is -0.355 e. The molecule has 1 aliphatic carbocycles. The van der Waals surface area contributed by atoms with Gasteiger partial charge >= 0.3 is 0 Å². The molecular weight excluding hydrogens is 370 g/mol. The number of anilines is 2. The summed E-state index contributed by atoms with van der Waals surface area (Å²) in [5.41, 5.74) is 7.83. The van der Waals surface area contributed by atoms with Crippen molar-refractivity contribution in [2.75, 3.05) is 5.32 Å². The van der Waals surface area contributed by atoms with E-state index in [0.717, 1.165) is 11.4 Å². The molecule has 0 fully saturated rings. The third-order valence-corrected chi connectivity index (χ3v) is 7.40. The van der Waals surface area contributed by atoms with Gasteiger partial charge < -0.3 is 5.32 Å². The van der Waals surface area contributed by atoms with Crippen LogP contribution in [0.15, 0.2) is 84.9 Å². The molecule has 1 heterocycles. The molecule has 1 aromatic heterocycles. The van der Waals surface area contributed by atoms with Crippen LogP contribution in [0.1, 0.15) is 25.0 Å². The van der Waals surface area contributed by atoms with Gasteiger partial charge in [0.15, 0.2) is 0 Å². The molecule has 0 unspecified atom stereocenters. The molecule has 0 radical (unpaired) electrons. The van der Waals surface area contributed by atoms with Gasteiger partial charge in [0.05, 0.1) is 0 Å². The molecule has 0 atom stereocenters. The SMILES string of the molecule is CC1(C)c2ccccc2-c2ccc(Nc3ccc4sc5ccccc5c4c3)cc21. The summed E-state index contributed by atoms with van der Waals surface area (Å²) < 4.78 is 2.68. The highest BCUT2D eigenvalue weighted by Gasteiger charge is 2.35. The van der Waals surface area contributed by atoms with E-state index in [9.17, 15) is 0 Å². The summed E-state index contributed by atoms with van der Waals surface area (Å²) in [5, 5.41) is 6.31. The Bertz CT molecular complexity index is 1410. The second-order valence-corrected chi connectivity index (χ2v) is 9.45. The molecule has 6 rings (SSSR count). The minimum absolute atomic E-state index is 0.0249. The van der Waals surface area contributed by atoms with Gasteiger partial charge in [0.2, 0.25) is 0 Å². The van der Waals surface area contributed by atoms with Gasteiger partial charge in [0.1, 0.15) is 0 Å². The van der Waals surface area contributed by atoms with Gasteiger partial charge in [0, 0.05) is 37.0 Å². The summed E-state index contributed by atoms with van der Waals surface area (Å²) in [4.78, 5) is 0. The maximum Gasteiger partial charge on any atom is 0.0391 e. The second-order valence-electron chi connectivity index (χ2n) is 8.37. The van der Waals surface area contributed by atoms with Crippen molar-refractivity contribution in [3.63, 3.8) is 0 Å². The third kappa shape index (κ3) is 2.46. The molecule has 0 aliphatic heterocycles. The van der Waals surface area contributed by atoms with E-state index >= 15 is 0 Å². The number of fused-ring (bicyclic) bond motifs is 6. The molecule has 5 aromatic rings. The lowest BCUT2D eigenvalue weighted by Gasteiger charge is -2.22. The molecule has 140 valence electrons. The van der Waals surface area contributed by atoms with Crippen LogP contribution in [0.2, 0.25) is 0 Å². The van der Waals surface area contributed by atoms with Gasteiger partial charge in [-0.15, -0.1) is 11.3 Å². The second kappa shape index (κ2) is 5.95. The van der Waals surface area contributed by atoms with Crippen LogP contribution in [0.4, 0.5) is 11.4 Å². The summed E-state index contributed by atoms with van der Waals surface area (Å²) in [7, 11) is 0. The first-order valence-electron chi connectivity index (χ1n) is 10.0. The van der Waals surface area contributed by atoms with E-state index in [0.29, 0.717) is 0 Å². The van der Waals surface area contributed by atoms with Crippen molar-refractivity contribution in [3.8, 4) is 11.1 Å². The Morgan fingerprint density at radius 1 is 0.621 bits per heavy atom. The average Bonchev–Trinajstić information content (AvgIpc) is 3.21. The van der Waals surface area contributed by atoms with Crippen molar-refractivity contribution in [1.29, 1.82) is 0 Å². The molecule has 1 N–H and O–H groups in total. The van der Waals surface area contributed by atoms with Crippen molar-refractivity contribution in [1.82, 2.24) is 0 Å². The molecular formula is C27H21NS. The normalized spacial score (nSPS) is 14.1. The number of thiophene rings is 1. The summed E-state index contributed by atoms with van der Waals surface area (Å²) in [5.74, 6) is 0. The number of nitrogens with one attached hydrogen (secondary N) is 1. The fraction of sp³-hybridized carbons (Fsp3) is 0.111. The first-order chi connectivity index (χ1) is 14.1. The van der Waals surface area contributed by atoms with Crippen LogP contribution in [0, 0.1) is 0 Å². The van der Waals surface area contributed by atoms with Crippen molar-refractivity contribution < 1.29 is 0 Å². The standard InChI is InChI=1S/C27H21NS/c1-27(2)23-9-5-3-7-19(23)20-13-11-18(16-24(20)27)28-17-12-14-26-22(15-17)21-8-4-6-10-25(21)29-26/h3-16,28H,1-2H3. The zero-order valence-corrected chi connectivity index (χ0v) is 17.3. The Balaban J connectivity index is 1.42. The molecule has 4 aromatic carbocycles. The molecule has 0 bridgehead atoms. The largest absolute Gasteiger partial charge is 0.355 e. The quantitative estimate of drug-likeness (QED) is 0.320. The fourth-order valence-electron chi connectivity index (χ4n) is 4.75. The van der Waals surface area contributed by atoms with Crippen molar-refractivity contribution >= 4 is 42.9 Å². The molecule has 29 heavy (non-hydrogen) atoms. The molecule has 0 spiro atoms. The van der Waals surface area contributed by atoms with E-state index in [-0.39, 0.29) is 5.41 Å². The van der Waals surface area contributed by atoms with Crippen molar-refractivity contribution in [2.24, 2.45) is 0 Å². The zero-order valence-electron chi connectivity index (χ0n) is 16.5. The minimum atomic E-state index is 0.0249. The average molecular weight is 392 g/mol. The highest BCUT2D eigenvalue weighted by atomic mass is 32.1. The predicted molar refractivity (Wildman–Crippen MR) is 127 cm³/mol. The highest BCUT2D eigenvalue weighted by Crippen LogP contribution is 2.49. The van der Waals surface area contributed by atoms with Crippen LogP contribution in [0.5, 0.6) is 0 Å². The van der Waals surface area contributed by atoms with Crippen LogP contribution >= 0.6 is 11.3 Å². The van der Waals surface area contributed by atoms with Crippen molar-refractivity contribution in [3.05, 3.63) is 96.1 Å². The van der Waals surface area contributed by atoms with Gasteiger partial charge in [-0.2, -0.15) is 0 Å². The number of rotatable bonds is 2. The fourth-order valence-corrected chi connectivity index (χ4v) is 5.84. The third-order valence-electron chi connectivity index (χ3n) is 6.25. The molecule has 2 heteroatoms. The van der Waals surface area contributed by atoms with E-state index in [1.165, 1.54) is 42.4 Å². The van der Waals surface area contributed by atoms with Gasteiger partial charge in [-0.25, -0.2) is 0 Å². The maximum atomic E-state index is 3.65. The first kappa shape index (κ1) is 16.8. The van der Waals surface area contributed by atoms with E-state index in [1.54, 1.807) is 0 Å². The summed E-state index contributed by atoms with van der Waals surface area (Å²) in [6.07, 6.45) is 0.